The first-order valence-corrected chi connectivity index (χ1v) is 9.15. The number of aliphatic carboxylic acids is 1. The Morgan fingerprint density at radius 2 is 1.93 bits per heavy atom. The molecular weight excluding hydrogens is 338 g/mol. The molecule has 0 amide bonds. The monoisotopic (exact) mass is 361 g/mol. The Morgan fingerprint density at radius 3 is 2.74 bits per heavy atom. The van der Waals surface area contributed by atoms with Crippen molar-refractivity contribution in [1.82, 2.24) is 10.3 Å². The molecule has 0 fully saturated rings. The van der Waals surface area contributed by atoms with Crippen LogP contribution in [0.3, 0.4) is 0 Å². The summed E-state index contributed by atoms with van der Waals surface area (Å²) in [6.45, 7) is 4.21. The molecule has 2 heterocycles. The zero-order valence-electron chi connectivity index (χ0n) is 15.5. The number of hydrogen-bond donors (Lipinski definition) is 3. The molecule has 0 radical (unpaired) electrons. The normalized spacial score (nSPS) is 18.1. The quantitative estimate of drug-likeness (QED) is 0.665. The Balaban J connectivity index is 1.72. The van der Waals surface area contributed by atoms with Gasteiger partial charge in [0, 0.05) is 34.6 Å². The third-order valence-corrected chi connectivity index (χ3v) is 5.02. The molecule has 5 heteroatoms. The van der Waals surface area contributed by atoms with Crippen LogP contribution >= 0.6 is 0 Å². The fourth-order valence-corrected chi connectivity index (χ4v) is 3.77. The molecule has 138 valence electrons. The van der Waals surface area contributed by atoms with Gasteiger partial charge in [-0.15, -0.1) is 0 Å². The van der Waals surface area contributed by atoms with Crippen molar-refractivity contribution < 1.29 is 9.90 Å². The van der Waals surface area contributed by atoms with Gasteiger partial charge >= 0.3 is 5.97 Å². The van der Waals surface area contributed by atoms with E-state index in [0.717, 1.165) is 28.5 Å². The van der Waals surface area contributed by atoms with Gasteiger partial charge in [-0.1, -0.05) is 42.5 Å². The van der Waals surface area contributed by atoms with Crippen LogP contribution in [0, 0.1) is 0 Å². The molecule has 1 aromatic heterocycles. The first kappa shape index (κ1) is 17.3. The van der Waals surface area contributed by atoms with E-state index in [4.69, 9.17) is 0 Å². The Labute approximate surface area is 158 Å². The van der Waals surface area contributed by atoms with E-state index in [1.54, 1.807) is 0 Å². The molecule has 1 aliphatic heterocycles. The predicted octanol–water partition coefficient (Wildman–Crippen LogP) is 3.53. The summed E-state index contributed by atoms with van der Waals surface area (Å²) < 4.78 is 0. The van der Waals surface area contributed by atoms with Crippen LogP contribution in [-0.4, -0.2) is 33.5 Å². The highest BCUT2D eigenvalue weighted by Gasteiger charge is 2.30. The number of hydrogen-bond acceptors (Lipinski definition) is 2. The Morgan fingerprint density at radius 1 is 1.19 bits per heavy atom. The number of H-pyrrole nitrogens is 1. The summed E-state index contributed by atoms with van der Waals surface area (Å²) in [6.07, 6.45) is 3.10. The standard InChI is InChI=1S/C22H23N3O2/c1-22(2)12-14-7-3-4-9-17(14)20(25-22)24-19(21(26)27)11-15-13-23-18-10-6-5-8-16(15)18/h3-10,13,19,23H,11-12H2,1-2H3,(H,24,25)(H,26,27). The second-order valence-corrected chi connectivity index (χ2v) is 7.74. The van der Waals surface area contributed by atoms with Crippen molar-refractivity contribution in [3.05, 3.63) is 71.4 Å². The van der Waals surface area contributed by atoms with Crippen molar-refractivity contribution in [2.45, 2.75) is 38.3 Å². The topological polar surface area (TPSA) is 77.5 Å². The molecule has 3 aromatic rings. The second-order valence-electron chi connectivity index (χ2n) is 7.74. The van der Waals surface area contributed by atoms with E-state index in [0.29, 0.717) is 12.3 Å². The Kier molecular flexibility index (Phi) is 4.22. The van der Waals surface area contributed by atoms with Gasteiger partial charge < -0.3 is 15.4 Å². The summed E-state index contributed by atoms with van der Waals surface area (Å²) in [7, 11) is 0. The van der Waals surface area contributed by atoms with Crippen LogP contribution in [0.15, 0.2) is 59.7 Å². The minimum Gasteiger partial charge on any atom is -0.480 e. The highest BCUT2D eigenvalue weighted by atomic mass is 16.4. The van der Waals surface area contributed by atoms with Gasteiger partial charge in [0.15, 0.2) is 6.04 Å². The maximum Gasteiger partial charge on any atom is 0.328 e. The molecule has 4 rings (SSSR count). The number of aromatic nitrogens is 1. The van der Waals surface area contributed by atoms with Crippen LogP contribution in [0.1, 0.15) is 30.5 Å². The van der Waals surface area contributed by atoms with Crippen LogP contribution in [0.25, 0.3) is 10.9 Å². The zero-order valence-corrected chi connectivity index (χ0v) is 15.5. The van der Waals surface area contributed by atoms with Gasteiger partial charge in [0.25, 0.3) is 0 Å². The predicted molar refractivity (Wildman–Crippen MR) is 107 cm³/mol. The van der Waals surface area contributed by atoms with Crippen LogP contribution < -0.4 is 5.32 Å². The third-order valence-electron chi connectivity index (χ3n) is 5.02. The average molecular weight is 361 g/mol. The summed E-state index contributed by atoms with van der Waals surface area (Å²) in [5, 5.41) is 14.3. The van der Waals surface area contributed by atoms with Gasteiger partial charge in [0.05, 0.1) is 0 Å². The third kappa shape index (κ3) is 3.45. The molecule has 0 saturated carbocycles. The lowest BCUT2D eigenvalue weighted by atomic mass is 9.87. The number of benzene rings is 2. The number of carboxylic acids is 1. The van der Waals surface area contributed by atoms with Crippen molar-refractivity contribution in [2.75, 3.05) is 0 Å². The molecule has 0 bridgehead atoms. The molecule has 3 N–H and O–H groups in total. The van der Waals surface area contributed by atoms with E-state index >= 15 is 0 Å². The van der Waals surface area contributed by atoms with Gasteiger partial charge in [-0.25, -0.2) is 4.79 Å². The zero-order chi connectivity index (χ0) is 19.0. The Hall–Kier alpha value is -3.08. The van der Waals surface area contributed by atoms with Crippen LogP contribution in [0.2, 0.25) is 0 Å². The van der Waals surface area contributed by atoms with Crippen molar-refractivity contribution in [3.63, 3.8) is 0 Å². The maximum absolute atomic E-state index is 12.0. The SMILES string of the molecule is CC1(C)Cc2ccccc2C(=NC(Cc2c[nH]c3ccccc23)C(=O)O)N1. The molecule has 27 heavy (non-hydrogen) atoms. The van der Waals surface area contributed by atoms with E-state index in [1.807, 2.05) is 48.7 Å². The molecular formula is C22H23N3O2. The van der Waals surface area contributed by atoms with Crippen molar-refractivity contribution in [2.24, 2.45) is 4.99 Å². The molecule has 1 atom stereocenters. The van der Waals surface area contributed by atoms with Gasteiger partial charge in [0.2, 0.25) is 0 Å². The number of para-hydroxylation sites is 1. The molecule has 0 saturated heterocycles. The lowest BCUT2D eigenvalue weighted by Crippen LogP contribution is -2.50. The number of carboxylic acid groups (broad SMARTS) is 1. The molecule has 0 spiro atoms. The summed E-state index contributed by atoms with van der Waals surface area (Å²) in [5.74, 6) is -0.260. The van der Waals surface area contributed by atoms with Crippen LogP contribution in [0.4, 0.5) is 0 Å². The first-order valence-electron chi connectivity index (χ1n) is 9.15. The largest absolute Gasteiger partial charge is 0.480 e. The summed E-state index contributed by atoms with van der Waals surface area (Å²) in [6, 6.07) is 15.1. The van der Waals surface area contributed by atoms with Crippen molar-refractivity contribution >= 4 is 22.7 Å². The molecule has 0 aliphatic carbocycles. The fraction of sp³-hybridized carbons (Fsp3) is 0.273. The minimum atomic E-state index is -0.921. The second kappa shape index (κ2) is 6.58. The number of aliphatic imine (C=N–C) groups is 1. The minimum absolute atomic E-state index is 0.170. The van der Waals surface area contributed by atoms with Crippen molar-refractivity contribution in [3.8, 4) is 0 Å². The number of carbonyl (C=O) groups is 1. The smallest absolute Gasteiger partial charge is 0.328 e. The molecule has 5 nitrogen and oxygen atoms in total. The number of fused-ring (bicyclic) bond motifs is 2. The van der Waals surface area contributed by atoms with Gasteiger partial charge in [-0.2, -0.15) is 0 Å². The maximum atomic E-state index is 12.0. The van der Waals surface area contributed by atoms with Gasteiger partial charge in [0.1, 0.15) is 5.84 Å². The van der Waals surface area contributed by atoms with E-state index < -0.39 is 12.0 Å². The summed E-state index contributed by atoms with van der Waals surface area (Å²) >= 11 is 0. The average Bonchev–Trinajstić information content (AvgIpc) is 3.03. The van der Waals surface area contributed by atoms with Crippen LogP contribution in [0.5, 0.6) is 0 Å². The number of nitrogens with zero attached hydrogens (tertiary/aromatic N) is 1. The molecule has 2 aromatic carbocycles. The lowest BCUT2D eigenvalue weighted by molar-refractivity contribution is -0.138. The molecule has 1 unspecified atom stereocenters. The summed E-state index contributed by atoms with van der Waals surface area (Å²) in [5.41, 5.74) is 3.98. The summed E-state index contributed by atoms with van der Waals surface area (Å²) in [4.78, 5) is 19.8. The van der Waals surface area contributed by atoms with Gasteiger partial charge in [-0.3, -0.25) is 4.99 Å². The highest BCUT2D eigenvalue weighted by Crippen LogP contribution is 2.25. The lowest BCUT2D eigenvalue weighted by Gasteiger charge is -2.35. The number of rotatable bonds is 4. The number of aromatic amines is 1. The number of amidine groups is 1. The van der Waals surface area contributed by atoms with E-state index in [-0.39, 0.29) is 5.54 Å². The fourth-order valence-electron chi connectivity index (χ4n) is 3.77. The van der Waals surface area contributed by atoms with Crippen LogP contribution in [-0.2, 0) is 17.6 Å². The number of nitrogens with one attached hydrogen (secondary N) is 2. The highest BCUT2D eigenvalue weighted by molar-refractivity contribution is 6.02. The molecule has 1 aliphatic rings. The van der Waals surface area contributed by atoms with E-state index in [1.165, 1.54) is 5.56 Å². The van der Waals surface area contributed by atoms with Gasteiger partial charge in [-0.05, 0) is 37.5 Å². The van der Waals surface area contributed by atoms with E-state index in [2.05, 4.69) is 35.2 Å². The first-order chi connectivity index (χ1) is 12.9. The van der Waals surface area contributed by atoms with E-state index in [9.17, 15) is 9.90 Å². The van der Waals surface area contributed by atoms with Crippen molar-refractivity contribution in [1.29, 1.82) is 0 Å². The Bertz CT molecular complexity index is 1030.